The number of hydrogen-bond acceptors (Lipinski definition) is 4. The van der Waals surface area contributed by atoms with E-state index >= 15 is 0 Å². The van der Waals surface area contributed by atoms with Crippen molar-refractivity contribution in [1.82, 2.24) is 10.3 Å². The summed E-state index contributed by atoms with van der Waals surface area (Å²) in [7, 11) is 0. The van der Waals surface area contributed by atoms with Crippen LogP contribution in [0.5, 0.6) is 0 Å². The monoisotopic (exact) mass is 261 g/mol. The van der Waals surface area contributed by atoms with E-state index in [-0.39, 0.29) is 10.9 Å². The predicted molar refractivity (Wildman–Crippen MR) is 70.0 cm³/mol. The second kappa shape index (κ2) is 5.42. The lowest BCUT2D eigenvalue weighted by Crippen LogP contribution is -2.23. The van der Waals surface area contributed by atoms with Crippen molar-refractivity contribution in [3.05, 3.63) is 53.7 Å². The lowest BCUT2D eigenvalue weighted by Gasteiger charge is -2.03. The Kier molecular flexibility index (Phi) is 3.69. The smallest absolute Gasteiger partial charge is 0.270 e. The summed E-state index contributed by atoms with van der Waals surface area (Å²) in [4.78, 5) is 16.0. The average Bonchev–Trinajstić information content (AvgIpc) is 2.89. The lowest BCUT2D eigenvalue weighted by molar-refractivity contribution is 0.0946. The summed E-state index contributed by atoms with van der Waals surface area (Å²) in [5, 5.41) is 2.72. The van der Waals surface area contributed by atoms with Crippen LogP contribution < -0.4 is 11.1 Å². The van der Waals surface area contributed by atoms with Crippen molar-refractivity contribution < 1.29 is 9.21 Å². The van der Waals surface area contributed by atoms with Gasteiger partial charge >= 0.3 is 0 Å². The molecule has 3 N–H and O–H groups in total. The number of nitrogens with two attached hydrogens (primary N) is 1. The molecule has 0 aliphatic rings. The van der Waals surface area contributed by atoms with Crippen LogP contribution in [0.4, 0.5) is 0 Å². The molecule has 0 unspecified atom stereocenters. The minimum absolute atomic E-state index is 0.257. The van der Waals surface area contributed by atoms with E-state index in [1.807, 2.05) is 0 Å². The van der Waals surface area contributed by atoms with Crippen LogP contribution in [0.2, 0.25) is 0 Å². The van der Waals surface area contributed by atoms with Gasteiger partial charge in [0.05, 0.1) is 12.5 Å². The normalized spacial score (nSPS) is 10.0. The van der Waals surface area contributed by atoms with E-state index in [0.29, 0.717) is 17.8 Å². The maximum absolute atomic E-state index is 11.8. The summed E-state index contributed by atoms with van der Waals surface area (Å²) in [6, 6.07) is 5.03. The third-order valence-electron chi connectivity index (χ3n) is 2.31. The molecule has 0 fully saturated rings. The topological polar surface area (TPSA) is 81.2 Å². The number of nitrogens with zero attached hydrogens (tertiary/aromatic N) is 1. The first-order valence-corrected chi connectivity index (χ1v) is 5.63. The molecule has 0 saturated heterocycles. The molecule has 6 heteroatoms. The molecule has 2 heterocycles. The Bertz CT molecular complexity index is 549. The zero-order valence-corrected chi connectivity index (χ0v) is 10.2. The number of furan rings is 1. The molecule has 18 heavy (non-hydrogen) atoms. The van der Waals surface area contributed by atoms with Crippen LogP contribution in [0.3, 0.4) is 0 Å². The number of thiocarbonyl (C=S) groups is 1. The molecule has 2 aromatic rings. The third-order valence-corrected chi connectivity index (χ3v) is 2.55. The van der Waals surface area contributed by atoms with Gasteiger partial charge in [-0.3, -0.25) is 9.78 Å². The van der Waals surface area contributed by atoms with Crippen molar-refractivity contribution in [3.63, 3.8) is 0 Å². The molecule has 0 saturated carbocycles. The highest BCUT2D eigenvalue weighted by molar-refractivity contribution is 7.80. The molecule has 92 valence electrons. The quantitative estimate of drug-likeness (QED) is 0.809. The summed E-state index contributed by atoms with van der Waals surface area (Å²) >= 11 is 4.80. The molecular weight excluding hydrogens is 250 g/mol. The fourth-order valence-electron chi connectivity index (χ4n) is 1.34. The SMILES string of the molecule is NC(=S)c1ccc(C(=O)NCc2ccoc2)nc1. The maximum atomic E-state index is 11.8. The number of amides is 1. The molecule has 0 radical (unpaired) electrons. The molecule has 0 aromatic carbocycles. The summed E-state index contributed by atoms with van der Waals surface area (Å²) < 4.78 is 4.90. The van der Waals surface area contributed by atoms with Crippen molar-refractivity contribution >= 4 is 23.1 Å². The Labute approximate surface area is 109 Å². The summed E-state index contributed by atoms with van der Waals surface area (Å²) in [5.74, 6) is -0.259. The standard InChI is InChI=1S/C12H11N3O2S/c13-11(18)9-1-2-10(14-6-9)12(16)15-5-8-3-4-17-7-8/h1-4,6-7H,5H2,(H2,13,18)(H,15,16). The van der Waals surface area contributed by atoms with Gasteiger partial charge in [-0.1, -0.05) is 12.2 Å². The Morgan fingerprint density at radius 2 is 2.28 bits per heavy atom. The minimum Gasteiger partial charge on any atom is -0.472 e. The summed E-state index contributed by atoms with van der Waals surface area (Å²) in [5.41, 5.74) is 7.29. The van der Waals surface area contributed by atoms with Crippen molar-refractivity contribution in [2.45, 2.75) is 6.54 Å². The second-order valence-electron chi connectivity index (χ2n) is 3.61. The summed E-state index contributed by atoms with van der Waals surface area (Å²) in [6.45, 7) is 0.397. The van der Waals surface area contributed by atoms with Crippen LogP contribution in [0, 0.1) is 0 Å². The van der Waals surface area contributed by atoms with Crippen LogP contribution in [-0.2, 0) is 6.54 Å². The number of hydrogen-bond donors (Lipinski definition) is 2. The van der Waals surface area contributed by atoms with E-state index in [1.54, 1.807) is 30.7 Å². The Hall–Kier alpha value is -2.21. The van der Waals surface area contributed by atoms with Crippen molar-refractivity contribution in [1.29, 1.82) is 0 Å². The lowest BCUT2D eigenvalue weighted by atomic mass is 10.2. The highest BCUT2D eigenvalue weighted by Crippen LogP contribution is 2.02. The van der Waals surface area contributed by atoms with E-state index in [1.165, 1.54) is 6.20 Å². The first kappa shape index (κ1) is 12.3. The molecule has 2 aromatic heterocycles. The van der Waals surface area contributed by atoms with E-state index in [4.69, 9.17) is 22.4 Å². The fourth-order valence-corrected chi connectivity index (χ4v) is 1.46. The van der Waals surface area contributed by atoms with Gasteiger partial charge in [0.15, 0.2) is 0 Å². The van der Waals surface area contributed by atoms with Crippen LogP contribution in [0.25, 0.3) is 0 Å². The first-order valence-electron chi connectivity index (χ1n) is 5.22. The Morgan fingerprint density at radius 1 is 1.44 bits per heavy atom. The molecule has 0 bridgehead atoms. The van der Waals surface area contributed by atoms with Gasteiger partial charge in [0.25, 0.3) is 5.91 Å². The van der Waals surface area contributed by atoms with Gasteiger partial charge in [0, 0.05) is 23.9 Å². The molecule has 0 spiro atoms. The zero-order valence-electron chi connectivity index (χ0n) is 9.42. The van der Waals surface area contributed by atoms with Gasteiger partial charge in [-0.2, -0.15) is 0 Å². The largest absolute Gasteiger partial charge is 0.472 e. The number of carbonyl (C=O) groups is 1. The Morgan fingerprint density at radius 3 is 2.83 bits per heavy atom. The van der Waals surface area contributed by atoms with Gasteiger partial charge in [-0.25, -0.2) is 0 Å². The predicted octanol–water partition coefficient (Wildman–Crippen LogP) is 1.24. The molecular formula is C12H11N3O2S. The van der Waals surface area contributed by atoms with Gasteiger partial charge in [0.2, 0.25) is 0 Å². The molecule has 1 amide bonds. The highest BCUT2D eigenvalue weighted by Gasteiger charge is 2.07. The summed E-state index contributed by atoms with van der Waals surface area (Å²) in [6.07, 6.45) is 4.61. The molecule has 2 rings (SSSR count). The number of carbonyl (C=O) groups excluding carboxylic acids is 1. The van der Waals surface area contributed by atoms with E-state index in [9.17, 15) is 4.79 Å². The van der Waals surface area contributed by atoms with Crippen LogP contribution in [0.15, 0.2) is 41.3 Å². The number of rotatable bonds is 4. The van der Waals surface area contributed by atoms with Gasteiger partial charge in [0.1, 0.15) is 10.7 Å². The fraction of sp³-hybridized carbons (Fsp3) is 0.0833. The molecule has 5 nitrogen and oxygen atoms in total. The third kappa shape index (κ3) is 2.92. The van der Waals surface area contributed by atoms with Gasteiger partial charge in [-0.05, 0) is 18.2 Å². The number of pyridine rings is 1. The number of nitrogens with one attached hydrogen (secondary N) is 1. The first-order chi connectivity index (χ1) is 8.66. The maximum Gasteiger partial charge on any atom is 0.270 e. The highest BCUT2D eigenvalue weighted by atomic mass is 32.1. The van der Waals surface area contributed by atoms with Crippen molar-refractivity contribution in [3.8, 4) is 0 Å². The van der Waals surface area contributed by atoms with Crippen molar-refractivity contribution in [2.24, 2.45) is 5.73 Å². The number of aromatic nitrogens is 1. The Balaban J connectivity index is 1.98. The zero-order chi connectivity index (χ0) is 13.0. The molecule has 0 atom stereocenters. The van der Waals surface area contributed by atoms with E-state index in [2.05, 4.69) is 10.3 Å². The van der Waals surface area contributed by atoms with Crippen molar-refractivity contribution in [2.75, 3.05) is 0 Å². The molecule has 0 aliphatic carbocycles. The van der Waals surface area contributed by atoms with Crippen LogP contribution in [-0.4, -0.2) is 15.9 Å². The van der Waals surface area contributed by atoms with Gasteiger partial charge < -0.3 is 15.5 Å². The minimum atomic E-state index is -0.259. The van der Waals surface area contributed by atoms with E-state index in [0.717, 1.165) is 5.56 Å². The van der Waals surface area contributed by atoms with E-state index < -0.39 is 0 Å². The van der Waals surface area contributed by atoms with Gasteiger partial charge in [-0.15, -0.1) is 0 Å². The average molecular weight is 261 g/mol. The van der Waals surface area contributed by atoms with Crippen LogP contribution in [0.1, 0.15) is 21.6 Å². The van der Waals surface area contributed by atoms with Crippen LogP contribution >= 0.6 is 12.2 Å². The molecule has 0 aliphatic heterocycles. The second-order valence-corrected chi connectivity index (χ2v) is 4.05.